The zero-order valence-corrected chi connectivity index (χ0v) is 10.3. The monoisotopic (exact) mass is 247 g/mol. The summed E-state index contributed by atoms with van der Waals surface area (Å²) >= 11 is 1.51. The van der Waals surface area contributed by atoms with Gasteiger partial charge in [-0.05, 0) is 13.0 Å². The van der Waals surface area contributed by atoms with Crippen molar-refractivity contribution >= 4 is 22.8 Å². The van der Waals surface area contributed by atoms with E-state index < -0.39 is 0 Å². The molecule has 0 aromatic carbocycles. The van der Waals surface area contributed by atoms with Gasteiger partial charge in [0, 0.05) is 41.1 Å². The van der Waals surface area contributed by atoms with Crippen LogP contribution in [0.4, 0.5) is 5.69 Å². The Morgan fingerprint density at radius 3 is 2.94 bits per heavy atom. The fraction of sp³-hybridized carbons (Fsp3) is 0.250. The van der Waals surface area contributed by atoms with Crippen LogP contribution in [0.25, 0.3) is 0 Å². The second-order valence-electron chi connectivity index (χ2n) is 3.85. The molecule has 0 saturated carbocycles. The summed E-state index contributed by atoms with van der Waals surface area (Å²) in [6, 6.07) is 1.70. The highest BCUT2D eigenvalue weighted by Gasteiger charge is 2.09. The molecule has 0 unspecified atom stereocenters. The van der Waals surface area contributed by atoms with Crippen molar-refractivity contribution in [3.63, 3.8) is 0 Å². The number of hydrogen-bond acceptors (Lipinski definition) is 5. The Bertz CT molecular complexity index is 536. The summed E-state index contributed by atoms with van der Waals surface area (Å²) in [6.07, 6.45) is 3.94. The van der Waals surface area contributed by atoms with E-state index in [0.717, 1.165) is 16.3 Å². The lowest BCUT2D eigenvalue weighted by Crippen LogP contribution is -2.08. The Balaban J connectivity index is 2.01. The first kappa shape index (κ1) is 11.7. The van der Waals surface area contributed by atoms with Crippen molar-refractivity contribution in [3.05, 3.63) is 40.1 Å². The number of carbonyl (C=O) groups excluding carboxylic acids is 1. The van der Waals surface area contributed by atoms with E-state index >= 15 is 0 Å². The number of aryl methyl sites for hydroxylation is 1. The summed E-state index contributed by atoms with van der Waals surface area (Å²) in [4.78, 5) is 20.1. The van der Waals surface area contributed by atoms with Crippen LogP contribution >= 0.6 is 11.3 Å². The summed E-state index contributed by atoms with van der Waals surface area (Å²) < 4.78 is 0. The maximum Gasteiger partial charge on any atom is 0.144 e. The fourth-order valence-electron chi connectivity index (χ4n) is 1.51. The van der Waals surface area contributed by atoms with E-state index in [0.29, 0.717) is 18.5 Å². The number of anilines is 1. The van der Waals surface area contributed by atoms with Crippen molar-refractivity contribution in [2.75, 3.05) is 5.73 Å². The molecule has 2 heterocycles. The highest BCUT2D eigenvalue weighted by molar-refractivity contribution is 7.09. The van der Waals surface area contributed by atoms with Crippen molar-refractivity contribution in [3.8, 4) is 0 Å². The van der Waals surface area contributed by atoms with Crippen molar-refractivity contribution in [2.45, 2.75) is 19.8 Å². The molecule has 0 amide bonds. The van der Waals surface area contributed by atoms with Crippen molar-refractivity contribution < 1.29 is 4.79 Å². The molecule has 2 aromatic heterocycles. The first-order valence-corrected chi connectivity index (χ1v) is 6.14. The van der Waals surface area contributed by atoms with Gasteiger partial charge in [0.15, 0.2) is 0 Å². The van der Waals surface area contributed by atoms with E-state index in [1.54, 1.807) is 18.5 Å². The molecule has 0 radical (unpaired) electrons. The van der Waals surface area contributed by atoms with Gasteiger partial charge >= 0.3 is 0 Å². The molecule has 2 rings (SSSR count). The predicted molar refractivity (Wildman–Crippen MR) is 67.9 cm³/mol. The van der Waals surface area contributed by atoms with Gasteiger partial charge in [0.05, 0.1) is 6.42 Å². The molecule has 4 nitrogen and oxygen atoms in total. The number of hydrogen-bond donors (Lipinski definition) is 1. The Morgan fingerprint density at radius 1 is 1.47 bits per heavy atom. The molecule has 17 heavy (non-hydrogen) atoms. The van der Waals surface area contributed by atoms with E-state index in [1.165, 1.54) is 11.3 Å². The van der Waals surface area contributed by atoms with Crippen LogP contribution in [0, 0.1) is 6.92 Å². The number of thiazole rings is 1. The Labute approximate surface area is 104 Å². The first-order chi connectivity index (χ1) is 8.15. The Hall–Kier alpha value is -1.75. The van der Waals surface area contributed by atoms with Crippen LogP contribution in [0.1, 0.15) is 16.3 Å². The van der Waals surface area contributed by atoms with Gasteiger partial charge in [-0.25, -0.2) is 4.98 Å². The van der Waals surface area contributed by atoms with Gasteiger partial charge in [-0.15, -0.1) is 11.3 Å². The smallest absolute Gasteiger partial charge is 0.144 e. The lowest BCUT2D eigenvalue weighted by Gasteiger charge is -2.02. The second kappa shape index (κ2) is 5.05. The van der Waals surface area contributed by atoms with E-state index in [2.05, 4.69) is 9.97 Å². The summed E-state index contributed by atoms with van der Waals surface area (Å²) in [5, 5.41) is 2.80. The predicted octanol–water partition coefficient (Wildman–Crippen LogP) is 1.78. The number of pyridine rings is 1. The summed E-state index contributed by atoms with van der Waals surface area (Å²) in [6.45, 7) is 1.92. The minimum Gasteiger partial charge on any atom is -0.398 e. The fourth-order valence-corrected chi connectivity index (χ4v) is 2.31. The number of nitrogen functional groups attached to an aromatic ring is 1. The molecule has 0 atom stereocenters. The normalized spacial score (nSPS) is 10.4. The molecule has 2 N–H and O–H groups in total. The third-order valence-electron chi connectivity index (χ3n) is 2.34. The average Bonchev–Trinajstić information content (AvgIpc) is 2.67. The molecule has 2 aromatic rings. The SMILES string of the molecule is Cc1csc(CC(=O)Cc2cnccc2N)n1. The minimum absolute atomic E-state index is 0.110. The quantitative estimate of drug-likeness (QED) is 0.894. The molecular weight excluding hydrogens is 234 g/mol. The molecule has 88 valence electrons. The number of nitrogens with two attached hydrogens (primary N) is 1. The van der Waals surface area contributed by atoms with Gasteiger partial charge in [-0.3, -0.25) is 9.78 Å². The summed E-state index contributed by atoms with van der Waals surface area (Å²) in [7, 11) is 0. The third-order valence-corrected chi connectivity index (χ3v) is 3.31. The van der Waals surface area contributed by atoms with Gasteiger partial charge < -0.3 is 5.73 Å². The average molecular weight is 247 g/mol. The molecule has 0 saturated heterocycles. The van der Waals surface area contributed by atoms with Crippen LogP contribution in [-0.4, -0.2) is 15.8 Å². The molecule has 0 bridgehead atoms. The van der Waals surface area contributed by atoms with Crippen molar-refractivity contribution in [1.82, 2.24) is 9.97 Å². The zero-order valence-electron chi connectivity index (χ0n) is 9.51. The molecule has 0 aliphatic rings. The highest BCUT2D eigenvalue weighted by atomic mass is 32.1. The summed E-state index contributed by atoms with van der Waals surface area (Å²) in [5.74, 6) is 0.110. The maximum absolute atomic E-state index is 11.8. The lowest BCUT2D eigenvalue weighted by atomic mass is 10.1. The standard InChI is InChI=1S/C12H13N3OS/c1-8-7-17-12(15-8)5-10(16)4-9-6-14-3-2-11(9)13/h2-3,6-7H,4-5H2,1H3,(H2,13,14). The van der Waals surface area contributed by atoms with Crippen LogP contribution in [0.2, 0.25) is 0 Å². The highest BCUT2D eigenvalue weighted by Crippen LogP contribution is 2.13. The van der Waals surface area contributed by atoms with Gasteiger partial charge in [0.1, 0.15) is 10.8 Å². The Kier molecular flexibility index (Phi) is 3.49. The van der Waals surface area contributed by atoms with Crippen LogP contribution < -0.4 is 5.73 Å². The zero-order chi connectivity index (χ0) is 12.3. The van der Waals surface area contributed by atoms with Crippen molar-refractivity contribution in [2.24, 2.45) is 0 Å². The van der Waals surface area contributed by atoms with E-state index in [-0.39, 0.29) is 5.78 Å². The molecule has 0 aliphatic carbocycles. The van der Waals surface area contributed by atoms with Crippen molar-refractivity contribution in [1.29, 1.82) is 0 Å². The molecule has 5 heteroatoms. The van der Waals surface area contributed by atoms with Gasteiger partial charge in [-0.1, -0.05) is 0 Å². The molecular formula is C12H13N3OS. The minimum atomic E-state index is 0.110. The number of Topliss-reactive ketones (excluding diaryl/α,β-unsaturated/α-hetero) is 1. The van der Waals surface area contributed by atoms with Crippen LogP contribution in [0.5, 0.6) is 0 Å². The van der Waals surface area contributed by atoms with E-state index in [4.69, 9.17) is 5.73 Å². The topological polar surface area (TPSA) is 68.9 Å². The first-order valence-electron chi connectivity index (χ1n) is 5.26. The lowest BCUT2D eigenvalue weighted by molar-refractivity contribution is -0.117. The summed E-state index contributed by atoms with van der Waals surface area (Å²) in [5.41, 5.74) is 8.12. The maximum atomic E-state index is 11.8. The largest absolute Gasteiger partial charge is 0.398 e. The number of aromatic nitrogens is 2. The van der Waals surface area contributed by atoms with Crippen LogP contribution in [0.3, 0.4) is 0 Å². The van der Waals surface area contributed by atoms with Crippen LogP contribution in [-0.2, 0) is 17.6 Å². The molecule has 0 fully saturated rings. The van der Waals surface area contributed by atoms with Gasteiger partial charge in [-0.2, -0.15) is 0 Å². The number of carbonyl (C=O) groups is 1. The van der Waals surface area contributed by atoms with Gasteiger partial charge in [0.2, 0.25) is 0 Å². The van der Waals surface area contributed by atoms with Crippen LogP contribution in [0.15, 0.2) is 23.8 Å². The number of rotatable bonds is 4. The van der Waals surface area contributed by atoms with E-state index in [9.17, 15) is 4.79 Å². The third kappa shape index (κ3) is 3.10. The Morgan fingerprint density at radius 2 is 2.29 bits per heavy atom. The molecule has 0 aliphatic heterocycles. The number of nitrogens with zero attached hydrogens (tertiary/aromatic N) is 2. The second-order valence-corrected chi connectivity index (χ2v) is 4.79. The van der Waals surface area contributed by atoms with E-state index in [1.807, 2.05) is 12.3 Å². The number of ketones is 1. The molecule has 0 spiro atoms. The van der Waals surface area contributed by atoms with Gasteiger partial charge in [0.25, 0.3) is 0 Å².